The average Bonchev–Trinajstić information content (AvgIpc) is 2.81. The molecular formula is C12H11FN4OS. The molecule has 0 fully saturated rings. The quantitative estimate of drug-likeness (QED) is 0.875. The Labute approximate surface area is 112 Å². The number of fused-ring (bicyclic) bond motifs is 1. The number of thiazole rings is 1. The summed E-state index contributed by atoms with van der Waals surface area (Å²) in [5.41, 5.74) is 1.21. The van der Waals surface area contributed by atoms with E-state index in [1.807, 2.05) is 0 Å². The molecule has 1 aliphatic heterocycles. The first-order chi connectivity index (χ1) is 9.22. The van der Waals surface area contributed by atoms with Crippen LogP contribution in [-0.2, 0) is 13.0 Å². The molecule has 7 heteroatoms. The van der Waals surface area contributed by atoms with Crippen LogP contribution in [-0.4, -0.2) is 22.4 Å². The van der Waals surface area contributed by atoms with Crippen LogP contribution in [0.5, 0.6) is 0 Å². The van der Waals surface area contributed by atoms with E-state index < -0.39 is 5.82 Å². The van der Waals surface area contributed by atoms with Gasteiger partial charge in [-0.2, -0.15) is 0 Å². The second-order valence-electron chi connectivity index (χ2n) is 4.13. The van der Waals surface area contributed by atoms with Gasteiger partial charge >= 0.3 is 0 Å². The molecule has 1 amide bonds. The van der Waals surface area contributed by atoms with Crippen molar-refractivity contribution in [2.45, 2.75) is 13.0 Å². The van der Waals surface area contributed by atoms with Crippen molar-refractivity contribution >= 4 is 22.4 Å². The van der Waals surface area contributed by atoms with Crippen molar-refractivity contribution in [3.05, 3.63) is 40.4 Å². The molecule has 0 saturated heterocycles. The van der Waals surface area contributed by atoms with Gasteiger partial charge in [0.05, 0.1) is 11.9 Å². The highest BCUT2D eigenvalue weighted by Crippen LogP contribution is 2.25. The number of anilines is 1. The Balaban J connectivity index is 1.75. The normalized spacial score (nSPS) is 13.9. The van der Waals surface area contributed by atoms with Gasteiger partial charge in [-0.15, -0.1) is 11.3 Å². The summed E-state index contributed by atoms with van der Waals surface area (Å²) in [5, 5.41) is 6.50. The lowest BCUT2D eigenvalue weighted by atomic mass is 10.2. The summed E-state index contributed by atoms with van der Waals surface area (Å²) in [7, 11) is 0. The minimum atomic E-state index is -0.465. The number of hydrogen-bond acceptors (Lipinski definition) is 5. The number of carbonyl (C=O) groups excluding carboxylic acids is 1. The fourth-order valence-corrected chi connectivity index (χ4v) is 2.82. The van der Waals surface area contributed by atoms with Crippen molar-refractivity contribution in [3.8, 4) is 0 Å². The van der Waals surface area contributed by atoms with Gasteiger partial charge in [-0.25, -0.2) is 14.4 Å². The summed E-state index contributed by atoms with van der Waals surface area (Å²) in [5.74, 6) is -0.841. The van der Waals surface area contributed by atoms with Gasteiger partial charge in [0.25, 0.3) is 5.91 Å². The van der Waals surface area contributed by atoms with Crippen LogP contribution >= 0.6 is 11.3 Å². The van der Waals surface area contributed by atoms with E-state index in [0.29, 0.717) is 5.13 Å². The van der Waals surface area contributed by atoms with E-state index in [1.54, 1.807) is 0 Å². The number of carbonyl (C=O) groups is 1. The van der Waals surface area contributed by atoms with E-state index in [-0.39, 0.29) is 11.6 Å². The van der Waals surface area contributed by atoms with Gasteiger partial charge in [-0.1, -0.05) is 0 Å². The lowest BCUT2D eigenvalue weighted by molar-refractivity contribution is 0.102. The summed E-state index contributed by atoms with van der Waals surface area (Å²) >= 11 is 1.45. The molecule has 0 saturated carbocycles. The number of halogens is 1. The Bertz CT molecular complexity index is 587. The van der Waals surface area contributed by atoms with Crippen molar-refractivity contribution in [2.24, 2.45) is 0 Å². The zero-order valence-corrected chi connectivity index (χ0v) is 10.8. The monoisotopic (exact) mass is 278 g/mol. The predicted octanol–water partition coefficient (Wildman–Crippen LogP) is 1.58. The van der Waals surface area contributed by atoms with Crippen LogP contribution in [0.25, 0.3) is 0 Å². The number of hydrogen-bond donors (Lipinski definition) is 2. The molecule has 2 N–H and O–H groups in total. The molecular weight excluding hydrogens is 267 g/mol. The zero-order valence-electron chi connectivity index (χ0n) is 9.94. The highest BCUT2D eigenvalue weighted by molar-refractivity contribution is 7.15. The van der Waals surface area contributed by atoms with Gasteiger partial charge < -0.3 is 5.32 Å². The van der Waals surface area contributed by atoms with Crippen molar-refractivity contribution in [2.75, 3.05) is 11.9 Å². The Hall–Kier alpha value is -1.86. The van der Waals surface area contributed by atoms with Crippen molar-refractivity contribution in [1.82, 2.24) is 15.3 Å². The Kier molecular flexibility index (Phi) is 3.22. The SMILES string of the molecule is O=C(Nc1nc2c(s1)CNCC2)c1ccc(F)cn1. The molecule has 0 atom stereocenters. The maximum Gasteiger partial charge on any atom is 0.276 e. The van der Waals surface area contributed by atoms with Gasteiger partial charge in [-0.3, -0.25) is 10.1 Å². The Morgan fingerprint density at radius 1 is 1.47 bits per heavy atom. The fourth-order valence-electron chi connectivity index (χ4n) is 1.85. The highest BCUT2D eigenvalue weighted by Gasteiger charge is 2.16. The molecule has 2 aromatic rings. The number of nitrogens with zero attached hydrogens (tertiary/aromatic N) is 2. The second kappa shape index (κ2) is 5.02. The molecule has 0 spiro atoms. The van der Waals surface area contributed by atoms with Crippen molar-refractivity contribution < 1.29 is 9.18 Å². The van der Waals surface area contributed by atoms with E-state index >= 15 is 0 Å². The molecule has 19 heavy (non-hydrogen) atoms. The lowest BCUT2D eigenvalue weighted by Gasteiger charge is -2.09. The summed E-state index contributed by atoms with van der Waals surface area (Å²) in [4.78, 5) is 21.2. The van der Waals surface area contributed by atoms with Gasteiger partial charge in [0.15, 0.2) is 5.13 Å². The minimum Gasteiger partial charge on any atom is -0.311 e. The zero-order chi connectivity index (χ0) is 13.2. The van der Waals surface area contributed by atoms with E-state index in [1.165, 1.54) is 23.5 Å². The number of nitrogens with one attached hydrogen (secondary N) is 2. The van der Waals surface area contributed by atoms with Crippen LogP contribution in [0.1, 0.15) is 21.1 Å². The smallest absolute Gasteiger partial charge is 0.276 e. The van der Waals surface area contributed by atoms with E-state index in [9.17, 15) is 9.18 Å². The summed E-state index contributed by atoms with van der Waals surface area (Å²) in [6.07, 6.45) is 1.89. The van der Waals surface area contributed by atoms with Crippen LogP contribution in [0, 0.1) is 5.82 Å². The molecule has 2 aromatic heterocycles. The Morgan fingerprint density at radius 3 is 3.11 bits per heavy atom. The predicted molar refractivity (Wildman–Crippen MR) is 69.7 cm³/mol. The maximum atomic E-state index is 12.7. The van der Waals surface area contributed by atoms with Crippen LogP contribution in [0.4, 0.5) is 9.52 Å². The largest absolute Gasteiger partial charge is 0.311 e. The molecule has 0 radical (unpaired) electrons. The van der Waals surface area contributed by atoms with Gasteiger partial charge in [0, 0.05) is 24.4 Å². The van der Waals surface area contributed by atoms with E-state index in [0.717, 1.165) is 36.3 Å². The van der Waals surface area contributed by atoms with Crippen LogP contribution < -0.4 is 10.6 Å². The molecule has 3 heterocycles. The molecule has 0 aliphatic carbocycles. The summed E-state index contributed by atoms with van der Waals surface area (Å²) in [6, 6.07) is 2.55. The topological polar surface area (TPSA) is 66.9 Å². The lowest BCUT2D eigenvalue weighted by Crippen LogP contribution is -2.22. The first kappa shape index (κ1) is 12.2. The molecule has 0 bridgehead atoms. The molecule has 5 nitrogen and oxygen atoms in total. The number of amides is 1. The second-order valence-corrected chi connectivity index (χ2v) is 5.22. The third-order valence-corrected chi connectivity index (χ3v) is 3.80. The minimum absolute atomic E-state index is 0.174. The fraction of sp³-hybridized carbons (Fsp3) is 0.250. The number of pyridine rings is 1. The third kappa shape index (κ3) is 2.61. The highest BCUT2D eigenvalue weighted by atomic mass is 32.1. The van der Waals surface area contributed by atoms with Crippen LogP contribution in [0.3, 0.4) is 0 Å². The van der Waals surface area contributed by atoms with Gasteiger partial charge in [-0.05, 0) is 12.1 Å². The number of rotatable bonds is 2. The first-order valence-electron chi connectivity index (χ1n) is 5.84. The summed E-state index contributed by atoms with van der Waals surface area (Å²) in [6.45, 7) is 1.70. The van der Waals surface area contributed by atoms with Crippen molar-refractivity contribution in [3.63, 3.8) is 0 Å². The maximum absolute atomic E-state index is 12.7. The van der Waals surface area contributed by atoms with Crippen LogP contribution in [0.2, 0.25) is 0 Å². The summed E-state index contributed by atoms with van der Waals surface area (Å²) < 4.78 is 12.7. The van der Waals surface area contributed by atoms with E-state index in [4.69, 9.17) is 0 Å². The average molecular weight is 278 g/mol. The van der Waals surface area contributed by atoms with Gasteiger partial charge in [0.1, 0.15) is 11.5 Å². The van der Waals surface area contributed by atoms with E-state index in [2.05, 4.69) is 20.6 Å². The molecule has 0 aromatic carbocycles. The molecule has 98 valence electrons. The standard InChI is InChI=1S/C12H11FN4OS/c13-7-1-2-9(15-5-7)11(18)17-12-16-8-3-4-14-6-10(8)19-12/h1-2,5,14H,3-4,6H2,(H,16,17,18). The molecule has 1 aliphatic rings. The third-order valence-electron chi connectivity index (χ3n) is 2.78. The first-order valence-corrected chi connectivity index (χ1v) is 6.66. The molecule has 3 rings (SSSR count). The Morgan fingerprint density at radius 2 is 2.37 bits per heavy atom. The van der Waals surface area contributed by atoms with Gasteiger partial charge in [0.2, 0.25) is 0 Å². The molecule has 0 unspecified atom stereocenters. The van der Waals surface area contributed by atoms with Crippen molar-refractivity contribution in [1.29, 1.82) is 0 Å². The number of aromatic nitrogens is 2. The van der Waals surface area contributed by atoms with Crippen LogP contribution in [0.15, 0.2) is 18.3 Å².